The Morgan fingerprint density at radius 1 is 1.21 bits per heavy atom. The van der Waals surface area contributed by atoms with Crippen LogP contribution >= 0.6 is 0 Å². The molecule has 0 radical (unpaired) electrons. The third-order valence-corrected chi connectivity index (χ3v) is 5.62. The maximum atomic E-state index is 11.9. The fraction of sp³-hybridized carbons (Fsp3) is 0.550. The molecule has 1 aliphatic rings. The summed E-state index contributed by atoms with van der Waals surface area (Å²) in [5.74, 6) is 0.259. The summed E-state index contributed by atoms with van der Waals surface area (Å²) in [6.45, 7) is 9.63. The minimum absolute atomic E-state index is 0.259. The largest absolute Gasteiger partial charge is 0.507 e. The average molecular weight is 329 g/mol. The Balaban J connectivity index is 2.08. The van der Waals surface area contributed by atoms with Crippen LogP contribution in [0.1, 0.15) is 54.9 Å². The van der Waals surface area contributed by atoms with Crippen LogP contribution in [0.3, 0.4) is 0 Å². The first-order valence-electron chi connectivity index (χ1n) is 8.93. The highest BCUT2D eigenvalue weighted by molar-refractivity contribution is 5.86. The van der Waals surface area contributed by atoms with E-state index in [1.165, 1.54) is 19.3 Å². The number of likely N-dealkylation sites (tertiary alicyclic amines) is 1. The Hall–Kier alpha value is -1.81. The zero-order valence-electron chi connectivity index (χ0n) is 15.1. The average Bonchev–Trinajstić information content (AvgIpc) is 2.59. The summed E-state index contributed by atoms with van der Waals surface area (Å²) in [5, 5.41) is 11.6. The molecule has 1 aromatic heterocycles. The smallest absolute Gasteiger partial charge is 0.339 e. The number of nitrogens with zero attached hydrogens (tertiary/aromatic N) is 1. The number of fused-ring (bicyclic) bond motifs is 1. The van der Waals surface area contributed by atoms with E-state index >= 15 is 0 Å². The molecule has 2 heterocycles. The lowest BCUT2D eigenvalue weighted by molar-refractivity contribution is 0.135. The van der Waals surface area contributed by atoms with E-state index in [2.05, 4.69) is 11.8 Å². The van der Waals surface area contributed by atoms with Crippen molar-refractivity contribution in [3.63, 3.8) is 0 Å². The van der Waals surface area contributed by atoms with Crippen LogP contribution in [0.4, 0.5) is 0 Å². The molecule has 1 atom stereocenters. The molecule has 4 nitrogen and oxygen atoms in total. The molecule has 0 aliphatic carbocycles. The van der Waals surface area contributed by atoms with Gasteiger partial charge in [0.05, 0.1) is 0 Å². The second-order valence-electron chi connectivity index (χ2n) is 7.05. The summed E-state index contributed by atoms with van der Waals surface area (Å²) < 4.78 is 5.44. The highest BCUT2D eigenvalue weighted by atomic mass is 16.4. The molecule has 0 unspecified atom stereocenters. The van der Waals surface area contributed by atoms with E-state index < -0.39 is 0 Å². The van der Waals surface area contributed by atoms with Crippen molar-refractivity contribution in [2.24, 2.45) is 0 Å². The number of phenols is 1. The summed E-state index contributed by atoms with van der Waals surface area (Å²) in [5.41, 5.74) is 3.36. The summed E-state index contributed by atoms with van der Waals surface area (Å²) in [7, 11) is 0. The van der Waals surface area contributed by atoms with E-state index in [1.54, 1.807) is 6.92 Å². The monoisotopic (exact) mass is 329 g/mol. The number of aryl methyl sites for hydroxylation is 2. The number of rotatable bonds is 3. The van der Waals surface area contributed by atoms with E-state index in [1.807, 2.05) is 19.9 Å². The number of benzene rings is 1. The van der Waals surface area contributed by atoms with Gasteiger partial charge in [-0.25, -0.2) is 4.79 Å². The normalized spacial score (nSPS) is 19.1. The molecule has 4 heteroatoms. The van der Waals surface area contributed by atoms with Crippen LogP contribution in [0.5, 0.6) is 5.75 Å². The fourth-order valence-electron chi connectivity index (χ4n) is 3.86. The van der Waals surface area contributed by atoms with Gasteiger partial charge >= 0.3 is 5.63 Å². The Bertz CT molecular complexity index is 822. The van der Waals surface area contributed by atoms with Crippen molar-refractivity contribution in [3.05, 3.63) is 38.7 Å². The first-order valence-corrected chi connectivity index (χ1v) is 8.93. The molecule has 3 rings (SSSR count). The highest BCUT2D eigenvalue weighted by Crippen LogP contribution is 2.34. The Morgan fingerprint density at radius 2 is 1.96 bits per heavy atom. The standard InChI is InChI=1S/C20H27NO3/c1-5-16-8-6-7-9-21(16)11-15-10-17-12(2)13(3)20(23)24-19(17)14(4)18(15)22/h10,16,22H,5-9,11H2,1-4H3/t16-/m1/s1. The van der Waals surface area contributed by atoms with Crippen LogP contribution in [0.2, 0.25) is 0 Å². The molecular weight excluding hydrogens is 302 g/mol. The number of hydrogen-bond donors (Lipinski definition) is 1. The molecule has 1 aliphatic heterocycles. The second-order valence-corrected chi connectivity index (χ2v) is 7.05. The van der Waals surface area contributed by atoms with Crippen molar-refractivity contribution in [1.29, 1.82) is 0 Å². The fourth-order valence-corrected chi connectivity index (χ4v) is 3.86. The molecule has 0 spiro atoms. The number of piperidine rings is 1. The molecule has 1 aromatic carbocycles. The van der Waals surface area contributed by atoms with E-state index in [9.17, 15) is 9.90 Å². The minimum Gasteiger partial charge on any atom is -0.507 e. The van der Waals surface area contributed by atoms with Crippen molar-refractivity contribution in [2.75, 3.05) is 6.54 Å². The molecule has 0 amide bonds. The predicted molar refractivity (Wildman–Crippen MR) is 96.7 cm³/mol. The summed E-state index contributed by atoms with van der Waals surface area (Å²) >= 11 is 0. The van der Waals surface area contributed by atoms with E-state index in [0.717, 1.165) is 36.0 Å². The van der Waals surface area contributed by atoms with Gasteiger partial charge in [-0.2, -0.15) is 0 Å². The topological polar surface area (TPSA) is 53.7 Å². The molecule has 2 aromatic rings. The highest BCUT2D eigenvalue weighted by Gasteiger charge is 2.23. The number of phenolic OH excluding ortho intramolecular Hbond substituents is 1. The van der Waals surface area contributed by atoms with Crippen LogP contribution in [0.25, 0.3) is 11.0 Å². The Labute approximate surface area is 143 Å². The van der Waals surface area contributed by atoms with Gasteiger partial charge in [-0.05, 0) is 58.2 Å². The first-order chi connectivity index (χ1) is 11.4. The zero-order valence-corrected chi connectivity index (χ0v) is 15.1. The molecule has 0 bridgehead atoms. The van der Waals surface area contributed by atoms with Crippen molar-refractivity contribution in [3.8, 4) is 5.75 Å². The van der Waals surface area contributed by atoms with Crippen molar-refractivity contribution in [1.82, 2.24) is 4.90 Å². The minimum atomic E-state index is -0.322. The molecule has 1 saturated heterocycles. The van der Waals surface area contributed by atoms with E-state index in [0.29, 0.717) is 22.8 Å². The van der Waals surface area contributed by atoms with Gasteiger partial charge in [0.1, 0.15) is 11.3 Å². The molecule has 0 saturated carbocycles. The van der Waals surface area contributed by atoms with Crippen LogP contribution in [-0.4, -0.2) is 22.6 Å². The Kier molecular flexibility index (Phi) is 4.68. The van der Waals surface area contributed by atoms with Crippen LogP contribution in [0.15, 0.2) is 15.3 Å². The number of hydrogen-bond acceptors (Lipinski definition) is 4. The summed E-state index contributed by atoms with van der Waals surface area (Å²) in [6, 6.07) is 2.59. The molecule has 1 N–H and O–H groups in total. The van der Waals surface area contributed by atoms with E-state index in [4.69, 9.17) is 4.42 Å². The van der Waals surface area contributed by atoms with Gasteiger partial charge in [-0.3, -0.25) is 4.90 Å². The SMILES string of the molecule is CC[C@@H]1CCCCN1Cc1cc2c(C)c(C)c(=O)oc2c(C)c1O. The van der Waals surface area contributed by atoms with Crippen molar-refractivity contribution in [2.45, 2.75) is 66.0 Å². The maximum Gasteiger partial charge on any atom is 0.339 e. The predicted octanol–water partition coefficient (Wildman–Crippen LogP) is 4.19. The first kappa shape index (κ1) is 17.0. The lowest BCUT2D eigenvalue weighted by Crippen LogP contribution is -2.38. The summed E-state index contributed by atoms with van der Waals surface area (Å²) in [4.78, 5) is 14.4. The molecule has 1 fully saturated rings. The van der Waals surface area contributed by atoms with Gasteiger partial charge in [0.15, 0.2) is 0 Å². The molecular formula is C20H27NO3. The third kappa shape index (κ3) is 2.84. The Morgan fingerprint density at radius 3 is 2.67 bits per heavy atom. The van der Waals surface area contributed by atoms with Crippen LogP contribution in [0, 0.1) is 20.8 Å². The lowest BCUT2D eigenvalue weighted by atomic mass is 9.96. The van der Waals surface area contributed by atoms with Gasteiger partial charge in [0.25, 0.3) is 0 Å². The van der Waals surface area contributed by atoms with Gasteiger partial charge in [-0.1, -0.05) is 13.3 Å². The van der Waals surface area contributed by atoms with Crippen LogP contribution in [-0.2, 0) is 6.54 Å². The van der Waals surface area contributed by atoms with Gasteiger partial charge < -0.3 is 9.52 Å². The van der Waals surface area contributed by atoms with Crippen molar-refractivity contribution >= 4 is 11.0 Å². The quantitative estimate of drug-likeness (QED) is 0.858. The van der Waals surface area contributed by atoms with Crippen LogP contribution < -0.4 is 5.63 Å². The van der Waals surface area contributed by atoms with E-state index in [-0.39, 0.29) is 11.4 Å². The summed E-state index contributed by atoms with van der Waals surface area (Å²) in [6.07, 6.45) is 4.88. The maximum absolute atomic E-state index is 11.9. The molecule has 24 heavy (non-hydrogen) atoms. The third-order valence-electron chi connectivity index (χ3n) is 5.62. The number of aromatic hydroxyl groups is 1. The molecule has 130 valence electrons. The van der Waals surface area contributed by atoms with Crippen molar-refractivity contribution < 1.29 is 9.52 Å². The second kappa shape index (κ2) is 6.60. The lowest BCUT2D eigenvalue weighted by Gasteiger charge is -2.35. The van der Waals surface area contributed by atoms with Gasteiger partial charge in [-0.15, -0.1) is 0 Å². The van der Waals surface area contributed by atoms with Gasteiger partial charge in [0, 0.05) is 34.7 Å². The van der Waals surface area contributed by atoms with Gasteiger partial charge in [0.2, 0.25) is 0 Å². The zero-order chi connectivity index (χ0) is 17.4.